The van der Waals surface area contributed by atoms with Crippen molar-refractivity contribution in [3.05, 3.63) is 118 Å². The lowest BCUT2D eigenvalue weighted by molar-refractivity contribution is -0.121. The van der Waals surface area contributed by atoms with Crippen LogP contribution >= 0.6 is 0 Å². The Morgan fingerprint density at radius 3 is 2.71 bits per heavy atom. The van der Waals surface area contributed by atoms with Crippen LogP contribution in [0.2, 0.25) is 0 Å². The molecule has 5 atom stereocenters. The highest BCUT2D eigenvalue weighted by atomic mass is 16.5. The molecule has 0 radical (unpaired) electrons. The van der Waals surface area contributed by atoms with E-state index in [0.717, 1.165) is 97.0 Å². The lowest BCUT2D eigenvalue weighted by Crippen LogP contribution is -2.47. The fourth-order valence-corrected chi connectivity index (χ4v) is 9.19. The Balaban J connectivity index is 1.09. The summed E-state index contributed by atoms with van der Waals surface area (Å²) in [6.45, 7) is 3.45. The summed E-state index contributed by atoms with van der Waals surface area (Å²) >= 11 is 0. The quantitative estimate of drug-likeness (QED) is 0.0757. The van der Waals surface area contributed by atoms with Gasteiger partial charge >= 0.3 is 0 Å². The zero-order chi connectivity index (χ0) is 40.8. The van der Waals surface area contributed by atoms with Crippen molar-refractivity contribution in [3.63, 3.8) is 0 Å². The molecule has 0 saturated heterocycles. The summed E-state index contributed by atoms with van der Waals surface area (Å²) in [6.07, 6.45) is 14.3. The fraction of sp³-hybridized carbons (Fsp3) is 0.440. The molecule has 0 unspecified atom stereocenters. The van der Waals surface area contributed by atoms with Gasteiger partial charge in [-0.05, 0) is 84.0 Å². The molecule has 4 aliphatic heterocycles. The van der Waals surface area contributed by atoms with Crippen molar-refractivity contribution in [2.45, 2.75) is 115 Å². The second kappa shape index (κ2) is 18.4. The molecule has 9 nitrogen and oxygen atoms in total. The summed E-state index contributed by atoms with van der Waals surface area (Å²) in [5, 5.41) is 25.8. The monoisotopic (exact) mass is 792 g/mol. The Labute approximate surface area is 348 Å². The van der Waals surface area contributed by atoms with Crippen LogP contribution in [0.5, 0.6) is 11.5 Å². The van der Waals surface area contributed by atoms with Gasteiger partial charge in [-0.15, -0.1) is 0 Å². The van der Waals surface area contributed by atoms with Gasteiger partial charge in [0.05, 0.1) is 29.3 Å². The topological polar surface area (TPSA) is 130 Å². The van der Waals surface area contributed by atoms with Gasteiger partial charge in [0.1, 0.15) is 18.0 Å². The number of rotatable bonds is 14. The Morgan fingerprint density at radius 1 is 1.03 bits per heavy atom. The molecule has 3 aromatic carbocycles. The number of aliphatic hydroxyl groups is 2. The largest absolute Gasteiger partial charge is 0.465 e. The standard InChI is InChI=1S/C50H56N4O5/c1-2-3-5-12-39(55)30-40(56)16-13-35-14-20-46-47(27-35)59-49-43(50(24-26-58-46)22-8-9-23-50)18-19-45(57)41-17-15-36(48(51)52-25-21-34-10-6-4-7-11-34)28-37(41)29-38-31-53-44-33-54(49)32-42(38)44/h4,6-7,10-11,14-15,17,20,27-28,31,33,39,43,45,48-49,52,55,57H,2-3,5,8-9,12-13,16,21-23,25,29-30,32,51H2,1H3/t39-,43-,45+,48-,49+/m1/s1. The minimum absolute atomic E-state index is 0.0491. The van der Waals surface area contributed by atoms with E-state index in [4.69, 9.17) is 20.2 Å². The number of ether oxygens (including phenoxy) is 2. The molecule has 306 valence electrons. The zero-order valence-corrected chi connectivity index (χ0v) is 34.1. The number of fused-ring (bicyclic) bond motifs is 6. The van der Waals surface area contributed by atoms with E-state index in [2.05, 4.69) is 65.4 Å². The van der Waals surface area contributed by atoms with Crippen molar-refractivity contribution in [2.75, 3.05) is 13.1 Å². The number of hydrogen-bond donors (Lipinski definition) is 4. The second-order valence-corrected chi connectivity index (χ2v) is 16.8. The normalized spacial score (nSPS) is 21.9. The third-order valence-corrected chi connectivity index (χ3v) is 12.6. The van der Waals surface area contributed by atoms with E-state index in [-0.39, 0.29) is 18.4 Å². The molecule has 1 spiro atoms. The van der Waals surface area contributed by atoms with Crippen LogP contribution < -0.4 is 20.5 Å². The van der Waals surface area contributed by atoms with Gasteiger partial charge in [-0.1, -0.05) is 111 Å². The predicted molar refractivity (Wildman–Crippen MR) is 230 cm³/mol. The van der Waals surface area contributed by atoms with Crippen LogP contribution in [0.25, 0.3) is 0 Å². The molecule has 0 amide bonds. The molecule has 1 fully saturated rings. The number of nitrogens with one attached hydrogen (secondary N) is 1. The number of nitrogens with zero attached hydrogens (tertiary/aromatic N) is 2. The van der Waals surface area contributed by atoms with Crippen LogP contribution in [-0.4, -0.2) is 52.5 Å². The van der Waals surface area contributed by atoms with Crippen LogP contribution in [0.15, 0.2) is 94.8 Å². The van der Waals surface area contributed by atoms with Crippen molar-refractivity contribution in [1.82, 2.24) is 10.2 Å². The number of ketones is 1. The van der Waals surface area contributed by atoms with Gasteiger partial charge < -0.3 is 30.3 Å². The van der Waals surface area contributed by atoms with Gasteiger partial charge in [0.2, 0.25) is 0 Å². The lowest BCUT2D eigenvalue weighted by Gasteiger charge is -2.39. The Morgan fingerprint density at radius 2 is 1.88 bits per heavy atom. The molecule has 2 bridgehead atoms. The van der Waals surface area contributed by atoms with E-state index in [9.17, 15) is 15.0 Å². The summed E-state index contributed by atoms with van der Waals surface area (Å²) in [5.74, 6) is 11.1. The van der Waals surface area contributed by atoms with Gasteiger partial charge in [0, 0.05) is 43.9 Å². The van der Waals surface area contributed by atoms with Gasteiger partial charge in [-0.3, -0.25) is 15.1 Å². The van der Waals surface area contributed by atoms with Gasteiger partial charge in [0.25, 0.3) is 0 Å². The smallest absolute Gasteiger partial charge is 0.187 e. The van der Waals surface area contributed by atoms with Gasteiger partial charge in [-0.25, -0.2) is 0 Å². The zero-order valence-electron chi connectivity index (χ0n) is 34.1. The van der Waals surface area contributed by atoms with Crippen LogP contribution in [0.1, 0.15) is 111 Å². The van der Waals surface area contributed by atoms with Crippen molar-refractivity contribution in [3.8, 4) is 35.4 Å². The van der Waals surface area contributed by atoms with E-state index >= 15 is 0 Å². The van der Waals surface area contributed by atoms with Gasteiger partial charge in [-0.2, -0.15) is 0 Å². The van der Waals surface area contributed by atoms with Crippen LogP contribution in [0, 0.1) is 35.2 Å². The summed E-state index contributed by atoms with van der Waals surface area (Å²) in [5.41, 5.74) is 14.1. The molecule has 4 heterocycles. The number of hydrogen-bond acceptors (Lipinski definition) is 9. The molecule has 59 heavy (non-hydrogen) atoms. The number of aliphatic imine (C=N–C) groups is 1. The first-order chi connectivity index (χ1) is 28.8. The number of allylic oxidation sites excluding steroid dienone is 1. The van der Waals surface area contributed by atoms with E-state index in [0.29, 0.717) is 43.7 Å². The second-order valence-electron chi connectivity index (χ2n) is 16.8. The molecular formula is C50H56N4O5. The minimum atomic E-state index is -1.05. The first-order valence-corrected chi connectivity index (χ1v) is 21.6. The lowest BCUT2D eigenvalue weighted by atomic mass is 9.73. The van der Waals surface area contributed by atoms with Crippen molar-refractivity contribution in [2.24, 2.45) is 22.1 Å². The third-order valence-electron chi connectivity index (χ3n) is 12.6. The number of carbonyl (C=O) groups is 1. The first-order valence-electron chi connectivity index (χ1n) is 21.6. The molecule has 8 rings (SSSR count). The van der Waals surface area contributed by atoms with Crippen molar-refractivity contribution < 1.29 is 24.5 Å². The number of carbonyl (C=O) groups excluding carboxylic acids is 1. The first kappa shape index (κ1) is 40.6. The number of nitrogens with two attached hydrogens (primary N) is 1. The minimum Gasteiger partial charge on any atom is -0.465 e. The summed E-state index contributed by atoms with van der Waals surface area (Å²) in [6, 6.07) is 22.2. The number of Topliss-reactive ketones (excluding diaryl/α,β-unsaturated/α-hetero) is 1. The number of aryl methyl sites for hydroxylation is 1. The molecule has 0 aromatic heterocycles. The molecular weight excluding hydrogens is 737 g/mol. The van der Waals surface area contributed by atoms with E-state index < -0.39 is 29.8 Å². The Bertz CT molecular complexity index is 2230. The molecule has 1 aliphatic carbocycles. The van der Waals surface area contributed by atoms with Gasteiger partial charge in [0.15, 0.2) is 17.7 Å². The molecule has 1 saturated carbocycles. The Kier molecular flexibility index (Phi) is 12.7. The maximum atomic E-state index is 12.9. The average Bonchev–Trinajstić information content (AvgIpc) is 3.99. The van der Waals surface area contributed by atoms with Crippen molar-refractivity contribution in [1.29, 1.82) is 0 Å². The number of unbranched alkanes of at least 4 members (excludes halogenated alkanes) is 2. The van der Waals surface area contributed by atoms with E-state index in [1.165, 1.54) is 5.56 Å². The maximum Gasteiger partial charge on any atom is 0.187 e. The van der Waals surface area contributed by atoms with E-state index in [1.54, 1.807) is 0 Å². The SMILES string of the molecule is CCCCC[C@@H](O)CC(=O)CCc1ccc2c(c1)O[C@H]1[C@@H](C#C[C@H](O)c3ccc([C@H](N)NCCc4ccccc4)cc3CC3=C4CN1C=C4N=C3)C1(C#CO2)CCCC1. The summed E-state index contributed by atoms with van der Waals surface area (Å²) in [4.78, 5) is 20.0. The van der Waals surface area contributed by atoms with Crippen molar-refractivity contribution >= 4 is 12.0 Å². The molecule has 3 aromatic rings. The highest BCUT2D eigenvalue weighted by Gasteiger charge is 2.48. The third kappa shape index (κ3) is 9.35. The van der Waals surface area contributed by atoms with Crippen LogP contribution in [0.3, 0.4) is 0 Å². The maximum absolute atomic E-state index is 12.9. The molecule has 5 aliphatic rings. The van der Waals surface area contributed by atoms with Crippen LogP contribution in [-0.2, 0) is 24.1 Å². The Hall–Kier alpha value is -5.16. The van der Waals surface area contributed by atoms with Crippen LogP contribution in [0.4, 0.5) is 0 Å². The molecule has 9 heteroatoms. The number of benzene rings is 3. The van der Waals surface area contributed by atoms with E-state index in [1.807, 2.05) is 54.7 Å². The molecule has 5 N–H and O–H groups in total. The average molecular weight is 793 g/mol. The highest BCUT2D eigenvalue weighted by molar-refractivity contribution is 5.87. The fourth-order valence-electron chi connectivity index (χ4n) is 9.19. The number of aliphatic hydroxyl groups excluding tert-OH is 2. The summed E-state index contributed by atoms with van der Waals surface area (Å²) in [7, 11) is 0. The highest BCUT2D eigenvalue weighted by Crippen LogP contribution is 2.49. The summed E-state index contributed by atoms with van der Waals surface area (Å²) < 4.78 is 13.2. The predicted octanol–water partition coefficient (Wildman–Crippen LogP) is 7.38.